The molecular weight excluding hydrogens is 286 g/mol. The van der Waals surface area contributed by atoms with Crippen LogP contribution in [0.3, 0.4) is 0 Å². The Morgan fingerprint density at radius 2 is 1.95 bits per heavy atom. The second-order valence-corrected chi connectivity index (χ2v) is 6.11. The highest BCUT2D eigenvalue weighted by Crippen LogP contribution is 2.37. The third-order valence-electron chi connectivity index (χ3n) is 3.32. The fourth-order valence-corrected chi connectivity index (χ4v) is 3.17. The molecule has 2 rings (SSSR count). The molecule has 0 amide bonds. The van der Waals surface area contributed by atoms with Gasteiger partial charge in [0.25, 0.3) is 0 Å². The van der Waals surface area contributed by atoms with Crippen molar-refractivity contribution in [2.75, 3.05) is 27.9 Å². The van der Waals surface area contributed by atoms with Crippen LogP contribution in [-0.4, -0.2) is 32.9 Å². The van der Waals surface area contributed by atoms with Gasteiger partial charge in [-0.2, -0.15) is 0 Å². The largest absolute Gasteiger partial charge is 0.497 e. The Bertz CT molecular complexity index is 610. The Hall–Kier alpha value is -1.59. The quantitative estimate of drug-likeness (QED) is 0.812. The van der Waals surface area contributed by atoms with E-state index in [1.165, 1.54) is 4.88 Å². The van der Waals surface area contributed by atoms with Gasteiger partial charge in [0.2, 0.25) is 0 Å². The number of rotatable bonds is 6. The van der Waals surface area contributed by atoms with Gasteiger partial charge in [-0.25, -0.2) is 4.98 Å². The molecule has 0 saturated heterocycles. The topological polar surface area (TPSA) is 40.6 Å². The molecule has 1 aromatic heterocycles. The molecule has 4 nitrogen and oxygen atoms in total. The van der Waals surface area contributed by atoms with E-state index in [9.17, 15) is 0 Å². The van der Waals surface area contributed by atoms with Crippen molar-refractivity contribution in [2.24, 2.45) is 0 Å². The maximum absolute atomic E-state index is 5.47. The van der Waals surface area contributed by atoms with Crippen molar-refractivity contribution < 1.29 is 14.2 Å². The summed E-state index contributed by atoms with van der Waals surface area (Å²) in [5.74, 6) is 1.84. The minimum Gasteiger partial charge on any atom is -0.497 e. The van der Waals surface area contributed by atoms with Crippen molar-refractivity contribution in [3.63, 3.8) is 0 Å². The molecule has 0 unspecified atom stereocenters. The van der Waals surface area contributed by atoms with Crippen molar-refractivity contribution >= 4 is 11.3 Å². The van der Waals surface area contributed by atoms with Crippen LogP contribution in [0.1, 0.15) is 22.7 Å². The van der Waals surface area contributed by atoms with E-state index in [0.29, 0.717) is 6.61 Å². The number of hydrogen-bond acceptors (Lipinski definition) is 5. The average molecular weight is 307 g/mol. The molecule has 1 aromatic carbocycles. The van der Waals surface area contributed by atoms with Crippen LogP contribution in [0.2, 0.25) is 0 Å². The Morgan fingerprint density at radius 1 is 1.19 bits per heavy atom. The van der Waals surface area contributed by atoms with Gasteiger partial charge < -0.3 is 14.2 Å². The predicted octanol–water partition coefficient (Wildman–Crippen LogP) is 3.89. The van der Waals surface area contributed by atoms with Crippen LogP contribution < -0.4 is 9.47 Å². The minimum atomic E-state index is 0.289. The lowest BCUT2D eigenvalue weighted by molar-refractivity contribution is 0.184. The number of hydrogen-bond donors (Lipinski definition) is 0. The number of benzene rings is 1. The summed E-state index contributed by atoms with van der Waals surface area (Å²) in [5, 5.41) is 1.09. The number of ether oxygens (including phenoxy) is 3. The summed E-state index contributed by atoms with van der Waals surface area (Å²) in [6.07, 6.45) is 0. The van der Waals surface area contributed by atoms with E-state index >= 15 is 0 Å². The van der Waals surface area contributed by atoms with Crippen LogP contribution in [0.5, 0.6) is 11.5 Å². The SMILES string of the molecule is COC[C@H](C)c1nc(-c2ccc(OC)cc2OC)c(C)s1. The van der Waals surface area contributed by atoms with Crippen LogP contribution >= 0.6 is 11.3 Å². The number of aryl methyl sites for hydroxylation is 1. The van der Waals surface area contributed by atoms with E-state index in [1.54, 1.807) is 32.7 Å². The second kappa shape index (κ2) is 6.91. The number of thiazole rings is 1. The van der Waals surface area contributed by atoms with E-state index in [0.717, 1.165) is 27.8 Å². The molecule has 0 fully saturated rings. The first kappa shape index (κ1) is 15.8. The lowest BCUT2D eigenvalue weighted by Gasteiger charge is -2.09. The molecule has 21 heavy (non-hydrogen) atoms. The predicted molar refractivity (Wildman–Crippen MR) is 85.7 cm³/mol. The van der Waals surface area contributed by atoms with Crippen molar-refractivity contribution in [1.29, 1.82) is 0 Å². The van der Waals surface area contributed by atoms with Crippen molar-refractivity contribution in [2.45, 2.75) is 19.8 Å². The van der Waals surface area contributed by atoms with Crippen LogP contribution in [0, 0.1) is 6.92 Å². The fourth-order valence-electron chi connectivity index (χ4n) is 2.19. The molecule has 1 atom stereocenters. The van der Waals surface area contributed by atoms with Gasteiger partial charge in [0.15, 0.2) is 0 Å². The molecule has 2 aromatic rings. The smallest absolute Gasteiger partial charge is 0.131 e. The molecule has 0 aliphatic rings. The van der Waals surface area contributed by atoms with E-state index in [2.05, 4.69) is 13.8 Å². The highest BCUT2D eigenvalue weighted by Gasteiger charge is 2.17. The zero-order chi connectivity index (χ0) is 15.4. The standard InChI is InChI=1S/C16H21NO3S/c1-10(9-18-3)16-17-15(11(2)21-16)13-7-6-12(19-4)8-14(13)20-5/h6-8,10H,9H2,1-5H3/t10-/m0/s1. The van der Waals surface area contributed by atoms with Gasteiger partial charge in [-0.15, -0.1) is 11.3 Å². The Labute approximate surface area is 129 Å². The molecular formula is C16H21NO3S. The monoisotopic (exact) mass is 307 g/mol. The Kier molecular flexibility index (Phi) is 5.20. The van der Waals surface area contributed by atoms with Gasteiger partial charge >= 0.3 is 0 Å². The van der Waals surface area contributed by atoms with Gasteiger partial charge in [0, 0.05) is 29.5 Å². The highest BCUT2D eigenvalue weighted by atomic mass is 32.1. The first-order valence-corrected chi connectivity index (χ1v) is 7.61. The van der Waals surface area contributed by atoms with Crippen molar-refractivity contribution in [1.82, 2.24) is 4.98 Å². The number of methoxy groups -OCH3 is 3. The minimum absolute atomic E-state index is 0.289. The summed E-state index contributed by atoms with van der Waals surface area (Å²) in [4.78, 5) is 5.96. The lowest BCUT2D eigenvalue weighted by Crippen LogP contribution is -2.01. The van der Waals surface area contributed by atoms with Crippen LogP contribution in [0.15, 0.2) is 18.2 Å². The maximum atomic E-state index is 5.47. The van der Waals surface area contributed by atoms with Crippen molar-refractivity contribution in [3.8, 4) is 22.8 Å². The third kappa shape index (κ3) is 3.36. The molecule has 0 aliphatic carbocycles. The van der Waals surface area contributed by atoms with Gasteiger partial charge in [-0.3, -0.25) is 0 Å². The van der Waals surface area contributed by atoms with E-state index < -0.39 is 0 Å². The summed E-state index contributed by atoms with van der Waals surface area (Å²) in [5.41, 5.74) is 1.96. The molecule has 0 saturated carbocycles. The van der Waals surface area contributed by atoms with Crippen LogP contribution in [0.4, 0.5) is 0 Å². The Morgan fingerprint density at radius 3 is 2.57 bits per heavy atom. The molecule has 0 N–H and O–H groups in total. The molecule has 5 heteroatoms. The summed E-state index contributed by atoms with van der Waals surface area (Å²) < 4.78 is 15.9. The molecule has 0 spiro atoms. The lowest BCUT2D eigenvalue weighted by atomic mass is 10.1. The van der Waals surface area contributed by atoms with Gasteiger partial charge in [-0.1, -0.05) is 6.92 Å². The number of aromatic nitrogens is 1. The molecule has 0 radical (unpaired) electrons. The molecule has 1 heterocycles. The van der Waals surface area contributed by atoms with E-state index in [-0.39, 0.29) is 5.92 Å². The first-order chi connectivity index (χ1) is 10.1. The van der Waals surface area contributed by atoms with Gasteiger partial charge in [0.1, 0.15) is 11.5 Å². The summed E-state index contributed by atoms with van der Waals surface area (Å²) in [6, 6.07) is 5.80. The maximum Gasteiger partial charge on any atom is 0.131 e. The fraction of sp³-hybridized carbons (Fsp3) is 0.438. The molecule has 0 aliphatic heterocycles. The molecule has 114 valence electrons. The first-order valence-electron chi connectivity index (χ1n) is 6.79. The van der Waals surface area contributed by atoms with E-state index in [4.69, 9.17) is 19.2 Å². The van der Waals surface area contributed by atoms with Crippen LogP contribution in [0.25, 0.3) is 11.3 Å². The number of nitrogens with zero attached hydrogens (tertiary/aromatic N) is 1. The van der Waals surface area contributed by atoms with E-state index in [1.807, 2.05) is 18.2 Å². The van der Waals surface area contributed by atoms with Crippen LogP contribution in [-0.2, 0) is 4.74 Å². The highest BCUT2D eigenvalue weighted by molar-refractivity contribution is 7.12. The van der Waals surface area contributed by atoms with Gasteiger partial charge in [0.05, 0.1) is 31.5 Å². The van der Waals surface area contributed by atoms with Crippen molar-refractivity contribution in [3.05, 3.63) is 28.1 Å². The normalized spacial score (nSPS) is 12.2. The Balaban J connectivity index is 2.42. The third-order valence-corrected chi connectivity index (χ3v) is 4.52. The summed E-state index contributed by atoms with van der Waals surface area (Å²) in [6.45, 7) is 4.88. The van der Waals surface area contributed by atoms with Gasteiger partial charge in [-0.05, 0) is 19.1 Å². The summed E-state index contributed by atoms with van der Waals surface area (Å²) >= 11 is 1.71. The second-order valence-electron chi connectivity index (χ2n) is 4.88. The molecule has 0 bridgehead atoms. The summed E-state index contributed by atoms with van der Waals surface area (Å²) in [7, 11) is 5.02. The average Bonchev–Trinajstić information content (AvgIpc) is 2.88. The zero-order valence-corrected chi connectivity index (χ0v) is 13.9. The zero-order valence-electron chi connectivity index (χ0n) is 13.1.